The molecule has 0 unspecified atom stereocenters. The van der Waals surface area contributed by atoms with Crippen LogP contribution in [0.15, 0.2) is 30.5 Å². The molecule has 1 aromatic carbocycles. The van der Waals surface area contributed by atoms with Crippen molar-refractivity contribution in [3.63, 3.8) is 0 Å². The van der Waals surface area contributed by atoms with Crippen LogP contribution in [0.25, 0.3) is 0 Å². The van der Waals surface area contributed by atoms with Gasteiger partial charge in [-0.3, -0.25) is 0 Å². The average Bonchev–Trinajstić information content (AvgIpc) is 2.98. The predicted octanol–water partition coefficient (Wildman–Crippen LogP) is 4.17. The number of benzene rings is 1. The van der Waals surface area contributed by atoms with Gasteiger partial charge >= 0.3 is 0 Å². The molecule has 0 amide bonds. The topological polar surface area (TPSA) is 34.2 Å². The fraction of sp³-hybridized carbons (Fsp3) is 0.471. The van der Waals surface area contributed by atoms with Crippen LogP contribution in [0.2, 0.25) is 0 Å². The van der Waals surface area contributed by atoms with E-state index in [0.29, 0.717) is 6.61 Å². The molecule has 0 aliphatic rings. The van der Waals surface area contributed by atoms with Gasteiger partial charge in [-0.25, -0.2) is 4.98 Å². The Morgan fingerprint density at radius 3 is 3.00 bits per heavy atom. The summed E-state index contributed by atoms with van der Waals surface area (Å²) >= 11 is 1.72. The Bertz CT molecular complexity index is 539. The van der Waals surface area contributed by atoms with E-state index in [2.05, 4.69) is 36.3 Å². The van der Waals surface area contributed by atoms with Crippen LogP contribution in [-0.4, -0.2) is 11.5 Å². The van der Waals surface area contributed by atoms with E-state index in [9.17, 15) is 0 Å². The van der Waals surface area contributed by atoms with E-state index in [1.807, 2.05) is 18.3 Å². The minimum absolute atomic E-state index is 0.548. The number of hydrogen-bond donors (Lipinski definition) is 1. The van der Waals surface area contributed by atoms with Gasteiger partial charge < -0.3 is 10.1 Å². The molecule has 0 saturated heterocycles. The first-order valence-corrected chi connectivity index (χ1v) is 8.49. The molecular formula is C17H24N2OS. The maximum absolute atomic E-state index is 5.82. The second kappa shape index (κ2) is 8.80. The summed E-state index contributed by atoms with van der Waals surface area (Å²) in [5.74, 6) is 0.923. The first kappa shape index (κ1) is 16.0. The number of unbranched alkanes of at least 4 members (excludes halogenated alkanes) is 1. The number of aromatic nitrogens is 1. The Morgan fingerprint density at radius 1 is 1.29 bits per heavy atom. The molecule has 114 valence electrons. The lowest BCUT2D eigenvalue weighted by Crippen LogP contribution is -2.13. The fourth-order valence-electron chi connectivity index (χ4n) is 2.01. The molecule has 0 fully saturated rings. The minimum atomic E-state index is 0.548. The van der Waals surface area contributed by atoms with Gasteiger partial charge in [0, 0.05) is 17.6 Å². The Hall–Kier alpha value is -1.39. The average molecular weight is 304 g/mol. The summed E-state index contributed by atoms with van der Waals surface area (Å²) in [4.78, 5) is 5.70. The summed E-state index contributed by atoms with van der Waals surface area (Å²) in [7, 11) is 0. The van der Waals surface area contributed by atoms with Crippen molar-refractivity contribution < 1.29 is 4.74 Å². The maximum atomic E-state index is 5.82. The summed E-state index contributed by atoms with van der Waals surface area (Å²) in [6, 6.07) is 8.26. The number of aryl methyl sites for hydroxylation is 1. The van der Waals surface area contributed by atoms with Crippen molar-refractivity contribution in [3.05, 3.63) is 45.9 Å². The van der Waals surface area contributed by atoms with Crippen molar-refractivity contribution in [2.45, 2.75) is 46.3 Å². The van der Waals surface area contributed by atoms with E-state index in [1.165, 1.54) is 23.3 Å². The van der Waals surface area contributed by atoms with E-state index >= 15 is 0 Å². The molecule has 1 aromatic heterocycles. The molecule has 2 rings (SSSR count). The van der Waals surface area contributed by atoms with Crippen LogP contribution in [0.1, 0.15) is 42.1 Å². The normalized spacial score (nSPS) is 10.8. The standard InChI is InChI=1S/C17H24N2OS/c1-3-5-9-18-11-16-12-19-17(21-16)13-20-15-8-6-7-14(4-2)10-15/h6-8,10,12,18H,3-5,9,11,13H2,1-2H3. The van der Waals surface area contributed by atoms with Crippen LogP contribution in [0.3, 0.4) is 0 Å². The van der Waals surface area contributed by atoms with Crippen LogP contribution >= 0.6 is 11.3 Å². The molecule has 0 spiro atoms. The van der Waals surface area contributed by atoms with Crippen LogP contribution in [-0.2, 0) is 19.6 Å². The highest BCUT2D eigenvalue weighted by Gasteiger charge is 2.03. The second-order valence-electron chi connectivity index (χ2n) is 5.04. The smallest absolute Gasteiger partial charge is 0.140 e. The van der Waals surface area contributed by atoms with Gasteiger partial charge in [0.1, 0.15) is 17.4 Å². The Kier molecular flexibility index (Phi) is 6.70. The highest BCUT2D eigenvalue weighted by atomic mass is 32.1. The monoisotopic (exact) mass is 304 g/mol. The van der Waals surface area contributed by atoms with Crippen molar-refractivity contribution in [3.8, 4) is 5.75 Å². The van der Waals surface area contributed by atoms with Crippen LogP contribution < -0.4 is 10.1 Å². The van der Waals surface area contributed by atoms with E-state index in [0.717, 1.165) is 30.3 Å². The quantitative estimate of drug-likeness (QED) is 0.706. The molecule has 0 bridgehead atoms. The Balaban J connectivity index is 1.79. The summed E-state index contributed by atoms with van der Waals surface area (Å²) in [5.41, 5.74) is 1.30. The number of rotatable bonds is 9. The van der Waals surface area contributed by atoms with Gasteiger partial charge in [-0.1, -0.05) is 32.4 Å². The molecule has 0 saturated carbocycles. The third kappa shape index (κ3) is 5.48. The first-order chi connectivity index (χ1) is 10.3. The number of nitrogens with zero attached hydrogens (tertiary/aromatic N) is 1. The largest absolute Gasteiger partial charge is 0.486 e. The fourth-order valence-corrected chi connectivity index (χ4v) is 2.82. The Labute approximate surface area is 131 Å². The van der Waals surface area contributed by atoms with Crippen molar-refractivity contribution in [2.75, 3.05) is 6.54 Å². The number of hydrogen-bond acceptors (Lipinski definition) is 4. The summed E-state index contributed by atoms with van der Waals surface area (Å²) in [6.45, 7) is 6.88. The zero-order valence-corrected chi connectivity index (χ0v) is 13.7. The third-order valence-electron chi connectivity index (χ3n) is 3.28. The molecule has 3 nitrogen and oxygen atoms in total. The summed E-state index contributed by atoms with van der Waals surface area (Å²) in [5, 5.41) is 4.47. The zero-order valence-electron chi connectivity index (χ0n) is 12.9. The number of ether oxygens (including phenoxy) is 1. The van der Waals surface area contributed by atoms with Crippen LogP contribution in [0.5, 0.6) is 5.75 Å². The maximum Gasteiger partial charge on any atom is 0.140 e. The molecule has 4 heteroatoms. The molecule has 21 heavy (non-hydrogen) atoms. The zero-order chi connectivity index (χ0) is 14.9. The van der Waals surface area contributed by atoms with Gasteiger partial charge in [0.25, 0.3) is 0 Å². The van der Waals surface area contributed by atoms with E-state index in [4.69, 9.17) is 4.74 Å². The lowest BCUT2D eigenvalue weighted by Gasteiger charge is -2.05. The summed E-state index contributed by atoms with van der Waals surface area (Å²) < 4.78 is 5.82. The molecule has 0 aliphatic carbocycles. The van der Waals surface area contributed by atoms with Gasteiger partial charge in [0.15, 0.2) is 0 Å². The molecule has 2 aromatic rings. The predicted molar refractivity (Wildman–Crippen MR) is 88.9 cm³/mol. The van der Waals surface area contributed by atoms with Gasteiger partial charge in [0.2, 0.25) is 0 Å². The highest BCUT2D eigenvalue weighted by Crippen LogP contribution is 2.18. The van der Waals surface area contributed by atoms with Gasteiger partial charge in [-0.2, -0.15) is 0 Å². The molecule has 1 N–H and O–H groups in total. The van der Waals surface area contributed by atoms with Crippen LogP contribution in [0.4, 0.5) is 0 Å². The second-order valence-corrected chi connectivity index (χ2v) is 6.24. The molecular weight excluding hydrogens is 280 g/mol. The SMILES string of the molecule is CCCCNCc1cnc(COc2cccc(CC)c2)s1. The van der Waals surface area contributed by atoms with E-state index < -0.39 is 0 Å². The van der Waals surface area contributed by atoms with Crippen molar-refractivity contribution in [1.82, 2.24) is 10.3 Å². The van der Waals surface area contributed by atoms with E-state index in [-0.39, 0.29) is 0 Å². The highest BCUT2D eigenvalue weighted by molar-refractivity contribution is 7.11. The first-order valence-electron chi connectivity index (χ1n) is 7.67. The third-order valence-corrected chi connectivity index (χ3v) is 4.25. The molecule has 0 atom stereocenters. The Morgan fingerprint density at radius 2 is 2.19 bits per heavy atom. The van der Waals surface area contributed by atoms with Gasteiger partial charge in [-0.05, 0) is 37.1 Å². The molecule has 0 radical (unpaired) electrons. The number of nitrogens with one attached hydrogen (secondary N) is 1. The van der Waals surface area contributed by atoms with Gasteiger partial charge in [-0.15, -0.1) is 11.3 Å². The van der Waals surface area contributed by atoms with Gasteiger partial charge in [0.05, 0.1) is 0 Å². The number of thiazole rings is 1. The molecule has 1 heterocycles. The summed E-state index contributed by atoms with van der Waals surface area (Å²) in [6.07, 6.45) is 5.43. The lowest BCUT2D eigenvalue weighted by atomic mass is 10.2. The lowest BCUT2D eigenvalue weighted by molar-refractivity contribution is 0.305. The van der Waals surface area contributed by atoms with E-state index in [1.54, 1.807) is 11.3 Å². The minimum Gasteiger partial charge on any atom is -0.486 e. The van der Waals surface area contributed by atoms with Crippen molar-refractivity contribution >= 4 is 11.3 Å². The van der Waals surface area contributed by atoms with Crippen molar-refractivity contribution in [1.29, 1.82) is 0 Å². The molecule has 0 aliphatic heterocycles. The van der Waals surface area contributed by atoms with Crippen molar-refractivity contribution in [2.24, 2.45) is 0 Å². The van der Waals surface area contributed by atoms with Crippen LogP contribution in [0, 0.1) is 0 Å².